The molecule has 7 heteroatoms. The van der Waals surface area contributed by atoms with Crippen LogP contribution in [0, 0.1) is 0 Å². The van der Waals surface area contributed by atoms with Crippen LogP contribution in [0.1, 0.15) is 0 Å². The number of rotatable bonds is 1. The van der Waals surface area contributed by atoms with Gasteiger partial charge in [-0.3, -0.25) is 0 Å². The van der Waals surface area contributed by atoms with Gasteiger partial charge in [-0.2, -0.15) is 0 Å². The van der Waals surface area contributed by atoms with Crippen molar-refractivity contribution in [1.82, 2.24) is 0 Å². The van der Waals surface area contributed by atoms with Crippen LogP contribution >= 0.6 is 0 Å². The molecule has 0 aromatic heterocycles. The molecular weight excluding hydrogens is 139 g/mol. The first-order valence-electron chi connectivity index (χ1n) is 0.849. The van der Waals surface area contributed by atoms with Crippen molar-refractivity contribution in [2.75, 3.05) is 0 Å². The van der Waals surface area contributed by atoms with Gasteiger partial charge >= 0.3 is 17.4 Å². The van der Waals surface area contributed by atoms with Crippen molar-refractivity contribution in [2.24, 2.45) is 0 Å². The van der Waals surface area contributed by atoms with Crippen molar-refractivity contribution in [2.45, 2.75) is 0 Å². The van der Waals surface area contributed by atoms with E-state index in [1.54, 1.807) is 0 Å². The van der Waals surface area contributed by atoms with Crippen molar-refractivity contribution < 1.29 is 22.6 Å². The molecule has 0 amide bonds. The molecular formula is HAlO5S+2. The Kier molecular flexibility index (Phi) is 5.00. The molecule has 0 aliphatic carbocycles. The molecule has 0 fully saturated rings. The standard InChI is InChI=1S/Al.H2O5S/c;1-5-6(2,3)4/h;1H,(H,2,3,4)/q+3;/p-1. The molecule has 5 nitrogen and oxygen atoms in total. The predicted octanol–water partition coefficient (Wildman–Crippen LogP) is -1.44. The van der Waals surface area contributed by atoms with Crippen LogP contribution in [-0.2, 0) is 14.7 Å². The molecule has 1 N–H and O–H groups in total. The SMILES string of the molecule is O=S(=O)([O-])OO.[Al+3]. The van der Waals surface area contributed by atoms with E-state index >= 15 is 0 Å². The van der Waals surface area contributed by atoms with Crippen LogP contribution in [0.4, 0.5) is 0 Å². The third kappa shape index (κ3) is 10.7. The first kappa shape index (κ1) is 10.4. The van der Waals surface area contributed by atoms with Crippen LogP contribution < -0.4 is 0 Å². The molecule has 0 bridgehead atoms. The van der Waals surface area contributed by atoms with Crippen LogP contribution in [0.25, 0.3) is 0 Å². The number of hydrogen-bond acceptors (Lipinski definition) is 5. The molecule has 0 heterocycles. The second-order valence-corrected chi connectivity index (χ2v) is 1.45. The summed E-state index contributed by atoms with van der Waals surface area (Å²) in [5, 5.41) is 7.00. The smallest absolute Gasteiger partial charge is 0.724 e. The summed E-state index contributed by atoms with van der Waals surface area (Å²) in [6, 6.07) is 0. The van der Waals surface area contributed by atoms with E-state index in [0.29, 0.717) is 0 Å². The third-order valence-electron chi connectivity index (χ3n) is 0.0913. The molecule has 7 heavy (non-hydrogen) atoms. The maximum absolute atomic E-state index is 8.97. The summed E-state index contributed by atoms with van der Waals surface area (Å²) in [6.45, 7) is 0. The minimum Gasteiger partial charge on any atom is -0.724 e. The zero-order chi connectivity index (χ0) is 5.21. The zero-order valence-corrected chi connectivity index (χ0v) is 5.04. The summed E-state index contributed by atoms with van der Waals surface area (Å²) in [4.78, 5) is 0. The summed E-state index contributed by atoms with van der Waals surface area (Å²) in [6.07, 6.45) is 0. The van der Waals surface area contributed by atoms with E-state index in [-0.39, 0.29) is 17.4 Å². The molecule has 0 spiro atoms. The normalized spacial score (nSPS) is 10.0. The van der Waals surface area contributed by atoms with Crippen LogP contribution in [0.5, 0.6) is 0 Å². The summed E-state index contributed by atoms with van der Waals surface area (Å²) >= 11 is 0. The summed E-state index contributed by atoms with van der Waals surface area (Å²) in [5.74, 6) is 0. The summed E-state index contributed by atoms with van der Waals surface area (Å²) < 4.78 is 29.3. The average molecular weight is 140 g/mol. The van der Waals surface area contributed by atoms with Gasteiger partial charge in [0, 0.05) is 0 Å². The van der Waals surface area contributed by atoms with Gasteiger partial charge in [-0.05, 0) is 0 Å². The maximum Gasteiger partial charge on any atom is 3.00 e. The first-order valence-corrected chi connectivity index (χ1v) is 2.18. The molecule has 0 saturated heterocycles. The average Bonchev–Trinajstić information content (AvgIpc) is 1.35. The van der Waals surface area contributed by atoms with E-state index in [1.807, 2.05) is 0 Å². The fraction of sp³-hybridized carbons (Fsp3) is 0. The molecule has 0 aliphatic rings. The van der Waals surface area contributed by atoms with Gasteiger partial charge in [0.2, 0.25) is 10.4 Å². The van der Waals surface area contributed by atoms with Crippen molar-refractivity contribution in [1.29, 1.82) is 0 Å². The minimum absolute atomic E-state index is 0. The van der Waals surface area contributed by atoms with Crippen LogP contribution in [0.3, 0.4) is 0 Å². The van der Waals surface area contributed by atoms with Gasteiger partial charge in [0.1, 0.15) is 0 Å². The zero-order valence-electron chi connectivity index (χ0n) is 3.07. The van der Waals surface area contributed by atoms with Crippen LogP contribution in [0.2, 0.25) is 0 Å². The molecule has 0 atom stereocenters. The van der Waals surface area contributed by atoms with Gasteiger partial charge in [-0.15, -0.1) is 4.33 Å². The van der Waals surface area contributed by atoms with Crippen molar-refractivity contribution in [3.8, 4) is 0 Å². The van der Waals surface area contributed by atoms with Gasteiger partial charge in [0.15, 0.2) is 0 Å². The molecule has 0 radical (unpaired) electrons. The van der Waals surface area contributed by atoms with Gasteiger partial charge in [-0.1, -0.05) is 0 Å². The predicted molar refractivity (Wildman–Crippen MR) is 19.2 cm³/mol. The van der Waals surface area contributed by atoms with E-state index in [1.165, 1.54) is 0 Å². The molecule has 0 aliphatic heterocycles. The second-order valence-electron chi connectivity index (χ2n) is 0.483. The number of hydrogen-bond donors (Lipinski definition) is 1. The van der Waals surface area contributed by atoms with E-state index < -0.39 is 10.4 Å². The van der Waals surface area contributed by atoms with Gasteiger partial charge < -0.3 is 4.55 Å². The Bertz CT molecular complexity index is 110. The Balaban J connectivity index is 0. The van der Waals surface area contributed by atoms with Gasteiger partial charge in [-0.25, -0.2) is 13.7 Å². The summed E-state index contributed by atoms with van der Waals surface area (Å²) in [7, 11) is -4.86. The second kappa shape index (κ2) is 3.38. The monoisotopic (exact) mass is 140 g/mol. The topological polar surface area (TPSA) is 86.7 Å². The summed E-state index contributed by atoms with van der Waals surface area (Å²) in [5.41, 5.74) is 0. The van der Waals surface area contributed by atoms with Crippen molar-refractivity contribution in [3.63, 3.8) is 0 Å². The van der Waals surface area contributed by atoms with E-state index in [2.05, 4.69) is 4.33 Å². The van der Waals surface area contributed by atoms with E-state index in [9.17, 15) is 0 Å². The molecule has 38 valence electrons. The Morgan fingerprint density at radius 3 is 1.71 bits per heavy atom. The fourth-order valence-corrected chi connectivity index (χ4v) is 0. The van der Waals surface area contributed by atoms with Gasteiger partial charge in [0.25, 0.3) is 0 Å². The quantitative estimate of drug-likeness (QED) is 0.158. The third-order valence-corrected chi connectivity index (χ3v) is 0.274. The minimum atomic E-state index is -4.86. The molecule has 0 rings (SSSR count). The largest absolute Gasteiger partial charge is 3.00 e. The van der Waals surface area contributed by atoms with Crippen LogP contribution in [0.15, 0.2) is 0 Å². The van der Waals surface area contributed by atoms with Crippen LogP contribution in [-0.4, -0.2) is 35.6 Å². The fourth-order valence-electron chi connectivity index (χ4n) is 0. The Morgan fingerprint density at radius 1 is 1.57 bits per heavy atom. The van der Waals surface area contributed by atoms with Crippen molar-refractivity contribution >= 4 is 27.8 Å². The maximum atomic E-state index is 8.97. The molecule has 0 aromatic carbocycles. The Morgan fingerprint density at radius 2 is 1.71 bits per heavy atom. The Labute approximate surface area is 50.9 Å². The Hall–Kier alpha value is 0.362. The van der Waals surface area contributed by atoms with Gasteiger partial charge in [0.05, 0.1) is 0 Å². The molecule has 0 saturated carbocycles. The van der Waals surface area contributed by atoms with E-state index in [0.717, 1.165) is 0 Å². The van der Waals surface area contributed by atoms with Crippen molar-refractivity contribution in [3.05, 3.63) is 0 Å². The first-order chi connectivity index (χ1) is 2.56. The molecule has 0 aromatic rings. The molecule has 0 unspecified atom stereocenters. The van der Waals surface area contributed by atoms with E-state index in [4.69, 9.17) is 18.2 Å².